The number of hydrogen-bond donors (Lipinski definition) is 3. The number of nitrogen functional groups attached to an aromatic ring is 1. The molecular formula is C9H13N3S. The fraction of sp³-hybridized carbons (Fsp3) is 0.222. The number of thiocarbonyl (C=S) groups is 1. The number of nitrogens with two attached hydrogens (primary N) is 1. The van der Waals surface area contributed by atoms with Crippen LogP contribution in [0.5, 0.6) is 0 Å². The molecule has 1 aromatic rings. The molecule has 0 saturated carbocycles. The average molecular weight is 195 g/mol. The van der Waals surface area contributed by atoms with Gasteiger partial charge in [0, 0.05) is 6.54 Å². The Bertz CT molecular complexity index is 299. The van der Waals surface area contributed by atoms with E-state index < -0.39 is 0 Å². The SMILES string of the molecule is CCNC(=S)Nc1ccccc1N. The van der Waals surface area contributed by atoms with E-state index in [0.717, 1.165) is 12.2 Å². The van der Waals surface area contributed by atoms with Crippen LogP contribution < -0.4 is 16.4 Å². The zero-order valence-electron chi connectivity index (χ0n) is 7.50. The van der Waals surface area contributed by atoms with Crippen LogP contribution in [-0.4, -0.2) is 11.7 Å². The largest absolute Gasteiger partial charge is 0.397 e. The number of rotatable bonds is 2. The van der Waals surface area contributed by atoms with Crippen molar-refractivity contribution in [2.45, 2.75) is 6.92 Å². The third kappa shape index (κ3) is 2.91. The Hall–Kier alpha value is -1.29. The molecule has 1 aromatic carbocycles. The van der Waals surface area contributed by atoms with Crippen molar-refractivity contribution in [2.75, 3.05) is 17.6 Å². The molecule has 0 aliphatic rings. The van der Waals surface area contributed by atoms with E-state index in [1.165, 1.54) is 0 Å². The van der Waals surface area contributed by atoms with Crippen molar-refractivity contribution >= 4 is 28.7 Å². The monoisotopic (exact) mass is 195 g/mol. The van der Waals surface area contributed by atoms with Crippen molar-refractivity contribution in [3.63, 3.8) is 0 Å². The Morgan fingerprint density at radius 3 is 2.77 bits per heavy atom. The van der Waals surface area contributed by atoms with Crippen LogP contribution in [0.25, 0.3) is 0 Å². The fourth-order valence-corrected chi connectivity index (χ4v) is 1.19. The van der Waals surface area contributed by atoms with Crippen LogP contribution in [-0.2, 0) is 0 Å². The molecule has 0 bridgehead atoms. The lowest BCUT2D eigenvalue weighted by atomic mass is 10.3. The quantitative estimate of drug-likeness (QED) is 0.495. The molecule has 4 N–H and O–H groups in total. The first-order chi connectivity index (χ1) is 6.24. The molecule has 0 amide bonds. The van der Waals surface area contributed by atoms with Crippen LogP contribution in [0, 0.1) is 0 Å². The molecule has 0 spiro atoms. The van der Waals surface area contributed by atoms with Gasteiger partial charge in [0.1, 0.15) is 0 Å². The Labute approximate surface area is 83.3 Å². The Balaban J connectivity index is 2.63. The van der Waals surface area contributed by atoms with E-state index in [2.05, 4.69) is 10.6 Å². The molecule has 13 heavy (non-hydrogen) atoms. The van der Waals surface area contributed by atoms with Gasteiger partial charge in [-0.3, -0.25) is 0 Å². The van der Waals surface area contributed by atoms with E-state index in [4.69, 9.17) is 18.0 Å². The first kappa shape index (κ1) is 9.80. The van der Waals surface area contributed by atoms with Crippen LogP contribution in [0.3, 0.4) is 0 Å². The highest BCUT2D eigenvalue weighted by Gasteiger charge is 1.98. The molecular weight excluding hydrogens is 182 g/mol. The lowest BCUT2D eigenvalue weighted by molar-refractivity contribution is 0.979. The molecule has 0 fully saturated rings. The maximum absolute atomic E-state index is 5.72. The zero-order chi connectivity index (χ0) is 9.68. The smallest absolute Gasteiger partial charge is 0.170 e. The highest BCUT2D eigenvalue weighted by Crippen LogP contribution is 2.16. The van der Waals surface area contributed by atoms with E-state index >= 15 is 0 Å². The van der Waals surface area contributed by atoms with E-state index in [1.54, 1.807) is 0 Å². The van der Waals surface area contributed by atoms with Crippen LogP contribution in [0.1, 0.15) is 6.92 Å². The number of hydrogen-bond acceptors (Lipinski definition) is 2. The summed E-state index contributed by atoms with van der Waals surface area (Å²) in [6.45, 7) is 2.79. The summed E-state index contributed by atoms with van der Waals surface area (Å²) >= 11 is 5.02. The van der Waals surface area contributed by atoms with Gasteiger partial charge < -0.3 is 16.4 Å². The summed E-state index contributed by atoms with van der Waals surface area (Å²) in [5.74, 6) is 0. The number of anilines is 2. The summed E-state index contributed by atoms with van der Waals surface area (Å²) in [4.78, 5) is 0. The summed E-state index contributed by atoms with van der Waals surface area (Å²) in [5.41, 5.74) is 7.25. The van der Waals surface area contributed by atoms with E-state index in [9.17, 15) is 0 Å². The molecule has 3 nitrogen and oxygen atoms in total. The third-order valence-corrected chi connectivity index (χ3v) is 1.79. The second-order valence-electron chi connectivity index (χ2n) is 2.57. The van der Waals surface area contributed by atoms with Crippen molar-refractivity contribution in [1.82, 2.24) is 5.32 Å². The maximum atomic E-state index is 5.72. The van der Waals surface area contributed by atoms with Gasteiger partial charge in [-0.15, -0.1) is 0 Å². The number of para-hydroxylation sites is 2. The molecule has 0 saturated heterocycles. The molecule has 4 heteroatoms. The van der Waals surface area contributed by atoms with Crippen molar-refractivity contribution in [3.8, 4) is 0 Å². The Morgan fingerprint density at radius 2 is 2.15 bits per heavy atom. The van der Waals surface area contributed by atoms with Crippen LogP contribution in [0.15, 0.2) is 24.3 Å². The zero-order valence-corrected chi connectivity index (χ0v) is 8.32. The van der Waals surface area contributed by atoms with Crippen molar-refractivity contribution < 1.29 is 0 Å². The summed E-state index contributed by atoms with van der Waals surface area (Å²) < 4.78 is 0. The number of benzene rings is 1. The second kappa shape index (κ2) is 4.67. The summed E-state index contributed by atoms with van der Waals surface area (Å²) in [7, 11) is 0. The Kier molecular flexibility index (Phi) is 3.52. The predicted octanol–water partition coefficient (Wildman–Crippen LogP) is 1.58. The van der Waals surface area contributed by atoms with E-state index in [0.29, 0.717) is 10.8 Å². The maximum Gasteiger partial charge on any atom is 0.170 e. The topological polar surface area (TPSA) is 50.1 Å². The summed E-state index contributed by atoms with van der Waals surface area (Å²) in [6, 6.07) is 7.51. The summed E-state index contributed by atoms with van der Waals surface area (Å²) in [6.07, 6.45) is 0. The normalized spacial score (nSPS) is 9.31. The highest BCUT2D eigenvalue weighted by molar-refractivity contribution is 7.80. The molecule has 0 aliphatic carbocycles. The fourth-order valence-electron chi connectivity index (χ4n) is 0.938. The predicted molar refractivity (Wildman–Crippen MR) is 60.8 cm³/mol. The van der Waals surface area contributed by atoms with Crippen molar-refractivity contribution in [3.05, 3.63) is 24.3 Å². The van der Waals surface area contributed by atoms with Gasteiger partial charge in [-0.2, -0.15) is 0 Å². The second-order valence-corrected chi connectivity index (χ2v) is 2.98. The van der Waals surface area contributed by atoms with Crippen LogP contribution >= 0.6 is 12.2 Å². The van der Waals surface area contributed by atoms with Gasteiger partial charge in [0.25, 0.3) is 0 Å². The minimum absolute atomic E-state index is 0.598. The molecule has 0 aliphatic heterocycles. The third-order valence-electron chi connectivity index (χ3n) is 1.55. The minimum Gasteiger partial charge on any atom is -0.397 e. The van der Waals surface area contributed by atoms with Gasteiger partial charge in [0.15, 0.2) is 5.11 Å². The van der Waals surface area contributed by atoms with Crippen molar-refractivity contribution in [2.24, 2.45) is 0 Å². The van der Waals surface area contributed by atoms with Gasteiger partial charge in [-0.25, -0.2) is 0 Å². The van der Waals surface area contributed by atoms with Gasteiger partial charge >= 0.3 is 0 Å². The molecule has 0 unspecified atom stereocenters. The van der Waals surface area contributed by atoms with Gasteiger partial charge in [0.05, 0.1) is 11.4 Å². The first-order valence-electron chi connectivity index (χ1n) is 4.13. The van der Waals surface area contributed by atoms with Crippen molar-refractivity contribution in [1.29, 1.82) is 0 Å². The lowest BCUT2D eigenvalue weighted by Crippen LogP contribution is -2.28. The molecule has 1 rings (SSSR count). The number of nitrogens with one attached hydrogen (secondary N) is 2. The molecule has 0 aromatic heterocycles. The molecule has 0 atom stereocenters. The van der Waals surface area contributed by atoms with Crippen LogP contribution in [0.2, 0.25) is 0 Å². The highest BCUT2D eigenvalue weighted by atomic mass is 32.1. The average Bonchev–Trinajstić information content (AvgIpc) is 2.09. The molecule has 0 radical (unpaired) electrons. The van der Waals surface area contributed by atoms with Gasteiger partial charge in [-0.05, 0) is 31.3 Å². The Morgan fingerprint density at radius 1 is 1.46 bits per heavy atom. The molecule has 0 heterocycles. The van der Waals surface area contributed by atoms with Crippen LogP contribution in [0.4, 0.5) is 11.4 Å². The standard InChI is InChI=1S/C9H13N3S/c1-2-11-9(13)12-8-6-4-3-5-7(8)10/h3-6H,2,10H2,1H3,(H2,11,12,13). The van der Waals surface area contributed by atoms with E-state index in [1.807, 2.05) is 31.2 Å². The summed E-state index contributed by atoms with van der Waals surface area (Å²) in [5, 5.41) is 6.59. The minimum atomic E-state index is 0.598. The lowest BCUT2D eigenvalue weighted by Gasteiger charge is -2.10. The van der Waals surface area contributed by atoms with Gasteiger partial charge in [-0.1, -0.05) is 12.1 Å². The van der Waals surface area contributed by atoms with Gasteiger partial charge in [0.2, 0.25) is 0 Å². The first-order valence-corrected chi connectivity index (χ1v) is 4.54. The molecule has 70 valence electrons. The van der Waals surface area contributed by atoms with E-state index in [-0.39, 0.29) is 0 Å².